The summed E-state index contributed by atoms with van der Waals surface area (Å²) in [7, 11) is 1.48. The summed E-state index contributed by atoms with van der Waals surface area (Å²) in [5, 5.41) is 3.29. The molecule has 0 spiro atoms. The molecule has 0 aromatic carbocycles. The molecule has 1 heterocycles. The van der Waals surface area contributed by atoms with Crippen LogP contribution in [-0.4, -0.2) is 5.10 Å². The van der Waals surface area contributed by atoms with Gasteiger partial charge in [0.15, 0.2) is 18.6 Å². The Hall–Kier alpha value is -0.650. The summed E-state index contributed by atoms with van der Waals surface area (Å²) in [6.07, 6.45) is -4.32. The average Bonchev–Trinajstić information content (AvgIpc) is 2.08. The van der Waals surface area contributed by atoms with Gasteiger partial charge in [0.1, 0.15) is 4.88 Å². The fraction of sp³-hybridized carbons (Fsp3) is 0.600. The predicted molar refractivity (Wildman–Crippen MR) is 33.0 cm³/mol. The minimum atomic E-state index is -4.32. The second kappa shape index (κ2) is 2.44. The minimum absolute atomic E-state index is 0.194. The molecule has 0 saturated carbocycles. The Bertz CT molecular complexity index is 265. The normalized spacial score (nSPS) is 12.1. The lowest BCUT2D eigenvalue weighted by atomic mass is 10.4. The molecule has 0 radical (unpaired) electrons. The van der Waals surface area contributed by atoms with Crippen LogP contribution in [0.5, 0.6) is 0 Å². The Morgan fingerprint density at radius 1 is 1.45 bits per heavy atom. The van der Waals surface area contributed by atoms with Gasteiger partial charge in [0.05, 0.1) is 0 Å². The predicted octanol–water partition coefficient (Wildman–Crippen LogP) is 1.29. The number of hydrogen-bond donors (Lipinski definition) is 0. The second-order valence-corrected chi connectivity index (χ2v) is 3.38. The van der Waals surface area contributed by atoms with Crippen molar-refractivity contribution in [2.24, 2.45) is 7.05 Å². The smallest absolute Gasteiger partial charge is 0.164 e. The molecule has 0 aliphatic carbocycles. The molecule has 0 aliphatic heterocycles. The van der Waals surface area contributed by atoms with Gasteiger partial charge in [-0.2, -0.15) is 13.2 Å². The maximum Gasteiger partial charge on any atom is 0.440 e. The van der Waals surface area contributed by atoms with Crippen LogP contribution in [0.25, 0.3) is 0 Å². The van der Waals surface area contributed by atoms with Crippen LogP contribution >= 0.6 is 11.5 Å². The third-order valence-corrected chi connectivity index (χ3v) is 1.92. The highest BCUT2D eigenvalue weighted by Crippen LogP contribution is 2.30. The van der Waals surface area contributed by atoms with Crippen molar-refractivity contribution in [2.45, 2.75) is 13.1 Å². The molecule has 0 bridgehead atoms. The molecule has 2 nitrogen and oxygen atoms in total. The van der Waals surface area contributed by atoms with Crippen molar-refractivity contribution in [3.63, 3.8) is 0 Å². The van der Waals surface area contributed by atoms with Crippen molar-refractivity contribution in [1.82, 2.24) is 5.10 Å². The van der Waals surface area contributed by atoms with Gasteiger partial charge in [0, 0.05) is 5.10 Å². The number of halogens is 3. The molecule has 11 heavy (non-hydrogen) atoms. The molecule has 1 aromatic rings. The van der Waals surface area contributed by atoms with Gasteiger partial charge in [0.2, 0.25) is 5.69 Å². The van der Waals surface area contributed by atoms with E-state index >= 15 is 0 Å². The third-order valence-electron chi connectivity index (χ3n) is 1.11. The summed E-state index contributed by atoms with van der Waals surface area (Å²) in [6.45, 7) is 1.40. The topological polar surface area (TPSA) is 16.8 Å². The van der Waals surface area contributed by atoms with E-state index in [1.165, 1.54) is 18.0 Å². The SMILES string of the molecule is Cc1s[n+](C)nc1C(F)(F)F. The van der Waals surface area contributed by atoms with E-state index in [1.807, 2.05) is 0 Å². The molecule has 0 aliphatic rings. The summed E-state index contributed by atoms with van der Waals surface area (Å²) >= 11 is 0.982. The van der Waals surface area contributed by atoms with Gasteiger partial charge in [-0.1, -0.05) is 0 Å². The van der Waals surface area contributed by atoms with Crippen LogP contribution < -0.4 is 4.07 Å². The average molecular weight is 183 g/mol. The highest BCUT2D eigenvalue weighted by molar-refractivity contribution is 7.01. The lowest BCUT2D eigenvalue weighted by Crippen LogP contribution is -2.27. The number of alkyl halides is 3. The van der Waals surface area contributed by atoms with E-state index in [4.69, 9.17) is 0 Å². The number of aromatic nitrogens is 2. The highest BCUT2D eigenvalue weighted by atomic mass is 32.1. The summed E-state index contributed by atoms with van der Waals surface area (Å²) in [5.41, 5.74) is -0.787. The molecular formula is C5H6F3N2S+. The Kier molecular flexibility index (Phi) is 1.87. The van der Waals surface area contributed by atoms with Crippen LogP contribution in [-0.2, 0) is 13.2 Å². The van der Waals surface area contributed by atoms with Crippen LogP contribution in [0, 0.1) is 6.92 Å². The zero-order chi connectivity index (χ0) is 8.65. The molecule has 6 heteroatoms. The summed E-state index contributed by atoms with van der Waals surface area (Å²) < 4.78 is 37.2. The Morgan fingerprint density at radius 3 is 2.18 bits per heavy atom. The first-order valence-electron chi connectivity index (χ1n) is 2.82. The Balaban J connectivity index is 3.13. The molecular weight excluding hydrogens is 177 g/mol. The summed E-state index contributed by atoms with van der Waals surface area (Å²) in [5.74, 6) is 0. The maximum absolute atomic E-state index is 12.0. The Morgan fingerprint density at radius 2 is 2.00 bits per heavy atom. The van der Waals surface area contributed by atoms with Gasteiger partial charge >= 0.3 is 6.18 Å². The van der Waals surface area contributed by atoms with Gasteiger partial charge in [-0.05, 0) is 11.0 Å². The summed E-state index contributed by atoms with van der Waals surface area (Å²) in [6, 6.07) is 0. The van der Waals surface area contributed by atoms with Crippen molar-refractivity contribution in [3.8, 4) is 0 Å². The van der Waals surface area contributed by atoms with Gasteiger partial charge in [-0.25, -0.2) is 0 Å². The zero-order valence-corrected chi connectivity index (χ0v) is 6.75. The lowest BCUT2D eigenvalue weighted by Gasteiger charge is -1.97. The molecule has 0 fully saturated rings. The second-order valence-electron chi connectivity index (χ2n) is 2.06. The number of nitrogens with zero attached hydrogens (tertiary/aromatic N) is 2. The van der Waals surface area contributed by atoms with Crippen LogP contribution in [0.4, 0.5) is 13.2 Å². The van der Waals surface area contributed by atoms with E-state index in [-0.39, 0.29) is 4.88 Å². The summed E-state index contributed by atoms with van der Waals surface area (Å²) in [4.78, 5) is 0.194. The van der Waals surface area contributed by atoms with Crippen molar-refractivity contribution < 1.29 is 17.2 Å². The van der Waals surface area contributed by atoms with E-state index in [2.05, 4.69) is 5.10 Å². The molecule has 62 valence electrons. The van der Waals surface area contributed by atoms with Crippen molar-refractivity contribution in [2.75, 3.05) is 0 Å². The van der Waals surface area contributed by atoms with Crippen molar-refractivity contribution in [1.29, 1.82) is 0 Å². The Labute approximate surface area is 65.4 Å². The molecule has 0 saturated heterocycles. The fourth-order valence-corrected chi connectivity index (χ4v) is 1.49. The van der Waals surface area contributed by atoms with E-state index < -0.39 is 11.9 Å². The first kappa shape index (κ1) is 8.45. The van der Waals surface area contributed by atoms with Gasteiger partial charge in [-0.15, -0.1) is 0 Å². The maximum atomic E-state index is 12.0. The number of aryl methyl sites for hydroxylation is 2. The van der Waals surface area contributed by atoms with Crippen LogP contribution in [0.15, 0.2) is 0 Å². The van der Waals surface area contributed by atoms with Gasteiger partial charge < -0.3 is 0 Å². The van der Waals surface area contributed by atoms with Crippen LogP contribution in [0.2, 0.25) is 0 Å². The lowest BCUT2D eigenvalue weighted by molar-refractivity contribution is -0.665. The van der Waals surface area contributed by atoms with Gasteiger partial charge in [-0.3, -0.25) is 0 Å². The van der Waals surface area contributed by atoms with E-state index in [0.717, 1.165) is 11.5 Å². The van der Waals surface area contributed by atoms with Gasteiger partial charge in [0.25, 0.3) is 0 Å². The number of hydrogen-bond acceptors (Lipinski definition) is 2. The quantitative estimate of drug-likeness (QED) is 0.554. The van der Waals surface area contributed by atoms with E-state index in [9.17, 15) is 13.2 Å². The van der Waals surface area contributed by atoms with Crippen LogP contribution in [0.3, 0.4) is 0 Å². The monoisotopic (exact) mass is 183 g/mol. The third kappa shape index (κ3) is 1.68. The van der Waals surface area contributed by atoms with Crippen molar-refractivity contribution >= 4 is 11.5 Å². The first-order chi connectivity index (χ1) is 4.91. The molecule has 1 rings (SSSR count). The van der Waals surface area contributed by atoms with E-state index in [0.29, 0.717) is 0 Å². The molecule has 1 aromatic heterocycles. The molecule has 0 atom stereocenters. The zero-order valence-electron chi connectivity index (χ0n) is 5.94. The standard InChI is InChI=1S/C5H6F3N2S/c1-3-4(5(6,7)8)9-10(2)11-3/h1-2H3/q+1. The molecule has 0 N–H and O–H groups in total. The fourth-order valence-electron chi connectivity index (χ4n) is 0.729. The largest absolute Gasteiger partial charge is 0.440 e. The molecule has 0 unspecified atom stereocenters. The highest BCUT2D eigenvalue weighted by Gasteiger charge is 2.39. The molecule has 0 amide bonds. The van der Waals surface area contributed by atoms with Crippen LogP contribution in [0.1, 0.15) is 10.6 Å². The first-order valence-corrected chi connectivity index (χ1v) is 3.60. The van der Waals surface area contributed by atoms with E-state index in [1.54, 1.807) is 0 Å². The van der Waals surface area contributed by atoms with Crippen molar-refractivity contribution in [3.05, 3.63) is 10.6 Å². The number of rotatable bonds is 0. The minimum Gasteiger partial charge on any atom is -0.164 e.